The summed E-state index contributed by atoms with van der Waals surface area (Å²) in [4.78, 5) is 16.3. The highest BCUT2D eigenvalue weighted by Crippen LogP contribution is 2.21. The number of nitrogens with zero attached hydrogens (tertiary/aromatic N) is 1. The summed E-state index contributed by atoms with van der Waals surface area (Å²) < 4.78 is 0. The Morgan fingerprint density at radius 3 is 2.68 bits per heavy atom. The Hall–Kier alpha value is -2.36. The average molecular weight is 297 g/mol. The van der Waals surface area contributed by atoms with E-state index < -0.39 is 0 Å². The number of hydrogen-bond acceptors (Lipinski definition) is 3. The first-order valence-corrected chi connectivity index (χ1v) is 7.59. The van der Waals surface area contributed by atoms with Crippen molar-refractivity contribution in [1.82, 2.24) is 10.3 Å². The summed E-state index contributed by atoms with van der Waals surface area (Å²) in [6.45, 7) is 8.16. The summed E-state index contributed by atoms with van der Waals surface area (Å²) in [5.74, 6) is -0.0915. The summed E-state index contributed by atoms with van der Waals surface area (Å²) in [5, 5.41) is 6.27. The molecular formula is C18H23N3O. The number of benzene rings is 1. The lowest BCUT2D eigenvalue weighted by atomic mass is 10.1. The van der Waals surface area contributed by atoms with E-state index in [1.807, 2.05) is 26.0 Å². The van der Waals surface area contributed by atoms with Gasteiger partial charge in [-0.1, -0.05) is 24.6 Å². The van der Waals surface area contributed by atoms with Gasteiger partial charge in [-0.05, 0) is 44.9 Å². The van der Waals surface area contributed by atoms with E-state index in [-0.39, 0.29) is 11.9 Å². The number of aromatic nitrogens is 1. The number of hydrogen-bond donors (Lipinski definition) is 2. The first-order chi connectivity index (χ1) is 10.5. The minimum atomic E-state index is -0.0915. The molecule has 0 radical (unpaired) electrons. The zero-order valence-electron chi connectivity index (χ0n) is 13.6. The van der Waals surface area contributed by atoms with Gasteiger partial charge in [0.25, 0.3) is 5.91 Å². The van der Waals surface area contributed by atoms with Crippen LogP contribution in [-0.2, 0) is 0 Å². The van der Waals surface area contributed by atoms with Crippen molar-refractivity contribution in [2.75, 3.05) is 5.32 Å². The molecule has 0 aliphatic carbocycles. The molecule has 2 rings (SSSR count). The third kappa shape index (κ3) is 4.07. The molecule has 4 heteroatoms. The summed E-state index contributed by atoms with van der Waals surface area (Å²) >= 11 is 0. The Kier molecular flexibility index (Phi) is 5.15. The molecule has 1 atom stereocenters. The fourth-order valence-electron chi connectivity index (χ4n) is 2.15. The topological polar surface area (TPSA) is 54.0 Å². The van der Waals surface area contributed by atoms with Crippen LogP contribution in [0.4, 0.5) is 11.4 Å². The molecule has 0 saturated heterocycles. The van der Waals surface area contributed by atoms with Crippen LogP contribution in [0.25, 0.3) is 0 Å². The van der Waals surface area contributed by atoms with Gasteiger partial charge in [0.1, 0.15) is 0 Å². The quantitative estimate of drug-likeness (QED) is 0.878. The Bertz CT molecular complexity index is 667. The minimum Gasteiger partial charge on any atom is -0.354 e. The number of aryl methyl sites for hydroxylation is 2. The summed E-state index contributed by atoms with van der Waals surface area (Å²) in [5.41, 5.74) is 4.78. The fraction of sp³-hybridized carbons (Fsp3) is 0.333. The number of anilines is 2. The smallest absolute Gasteiger partial charge is 0.253 e. The second-order valence-corrected chi connectivity index (χ2v) is 5.69. The van der Waals surface area contributed by atoms with Crippen LogP contribution >= 0.6 is 0 Å². The van der Waals surface area contributed by atoms with Gasteiger partial charge in [0.15, 0.2) is 0 Å². The molecule has 2 aromatic rings. The first kappa shape index (κ1) is 16.0. The van der Waals surface area contributed by atoms with Crippen LogP contribution in [0.2, 0.25) is 0 Å². The molecule has 1 heterocycles. The predicted molar refractivity (Wildman–Crippen MR) is 90.7 cm³/mol. The monoisotopic (exact) mass is 297 g/mol. The van der Waals surface area contributed by atoms with Crippen molar-refractivity contribution >= 4 is 17.3 Å². The molecule has 0 fully saturated rings. The van der Waals surface area contributed by atoms with Crippen molar-refractivity contribution in [3.05, 3.63) is 53.3 Å². The van der Waals surface area contributed by atoms with Gasteiger partial charge in [-0.15, -0.1) is 0 Å². The zero-order valence-corrected chi connectivity index (χ0v) is 13.6. The second kappa shape index (κ2) is 7.07. The van der Waals surface area contributed by atoms with Crippen LogP contribution in [0.3, 0.4) is 0 Å². The van der Waals surface area contributed by atoms with E-state index in [0.29, 0.717) is 5.56 Å². The molecule has 1 aromatic heterocycles. The Labute approximate surface area is 132 Å². The highest BCUT2D eigenvalue weighted by Gasteiger charge is 2.10. The molecule has 1 aromatic carbocycles. The molecule has 0 aliphatic rings. The number of carbonyl (C=O) groups excluding carboxylic acids is 1. The summed E-state index contributed by atoms with van der Waals surface area (Å²) in [7, 11) is 0. The third-order valence-electron chi connectivity index (χ3n) is 3.65. The van der Waals surface area contributed by atoms with Crippen LogP contribution in [-0.4, -0.2) is 16.9 Å². The summed E-state index contributed by atoms with van der Waals surface area (Å²) in [6, 6.07) is 8.20. The maximum atomic E-state index is 12.2. The van der Waals surface area contributed by atoms with Gasteiger partial charge in [-0.3, -0.25) is 9.78 Å². The normalized spacial score (nSPS) is 11.8. The number of amides is 1. The summed E-state index contributed by atoms with van der Waals surface area (Å²) in [6.07, 6.45) is 4.21. The van der Waals surface area contributed by atoms with Gasteiger partial charge in [0, 0.05) is 17.9 Å². The average Bonchev–Trinajstić information content (AvgIpc) is 2.50. The Balaban J connectivity index is 2.16. The van der Waals surface area contributed by atoms with E-state index in [0.717, 1.165) is 23.4 Å². The second-order valence-electron chi connectivity index (χ2n) is 5.69. The number of carbonyl (C=O) groups is 1. The zero-order chi connectivity index (χ0) is 16.1. The van der Waals surface area contributed by atoms with E-state index in [2.05, 4.69) is 41.6 Å². The van der Waals surface area contributed by atoms with Crippen LogP contribution in [0, 0.1) is 13.8 Å². The molecule has 0 saturated carbocycles. The van der Waals surface area contributed by atoms with Crippen molar-refractivity contribution in [2.24, 2.45) is 0 Å². The highest BCUT2D eigenvalue weighted by molar-refractivity contribution is 5.95. The molecule has 0 bridgehead atoms. The van der Waals surface area contributed by atoms with Crippen LogP contribution < -0.4 is 10.6 Å². The molecule has 116 valence electrons. The van der Waals surface area contributed by atoms with Gasteiger partial charge in [0.05, 0.1) is 17.4 Å². The van der Waals surface area contributed by atoms with Crippen LogP contribution in [0.5, 0.6) is 0 Å². The molecule has 0 spiro atoms. The van der Waals surface area contributed by atoms with Crippen molar-refractivity contribution in [3.8, 4) is 0 Å². The van der Waals surface area contributed by atoms with Gasteiger partial charge >= 0.3 is 0 Å². The van der Waals surface area contributed by atoms with E-state index in [4.69, 9.17) is 0 Å². The molecular weight excluding hydrogens is 274 g/mol. The van der Waals surface area contributed by atoms with E-state index >= 15 is 0 Å². The third-order valence-corrected chi connectivity index (χ3v) is 3.65. The van der Waals surface area contributed by atoms with Gasteiger partial charge in [-0.2, -0.15) is 0 Å². The van der Waals surface area contributed by atoms with E-state index in [1.54, 1.807) is 12.4 Å². The fourth-order valence-corrected chi connectivity index (χ4v) is 2.15. The van der Waals surface area contributed by atoms with Gasteiger partial charge in [-0.25, -0.2) is 0 Å². The SMILES string of the molecule is CCC(C)NC(=O)c1cncc(Nc2ccc(C)cc2C)c1. The number of pyridine rings is 1. The Morgan fingerprint density at radius 1 is 1.23 bits per heavy atom. The van der Waals surface area contributed by atoms with E-state index in [9.17, 15) is 4.79 Å². The van der Waals surface area contributed by atoms with E-state index in [1.165, 1.54) is 5.56 Å². The maximum Gasteiger partial charge on any atom is 0.253 e. The standard InChI is InChI=1S/C18H23N3O/c1-5-14(4)20-18(22)15-9-16(11-19-10-15)21-17-7-6-12(2)8-13(17)3/h6-11,14,21H,5H2,1-4H3,(H,20,22). The number of nitrogens with one attached hydrogen (secondary N) is 2. The lowest BCUT2D eigenvalue weighted by molar-refractivity contribution is 0.0939. The number of rotatable bonds is 5. The minimum absolute atomic E-state index is 0.0915. The first-order valence-electron chi connectivity index (χ1n) is 7.59. The molecule has 1 unspecified atom stereocenters. The maximum absolute atomic E-state index is 12.2. The molecule has 22 heavy (non-hydrogen) atoms. The largest absolute Gasteiger partial charge is 0.354 e. The van der Waals surface area contributed by atoms with Crippen molar-refractivity contribution in [2.45, 2.75) is 40.2 Å². The van der Waals surface area contributed by atoms with Crippen molar-refractivity contribution in [3.63, 3.8) is 0 Å². The lowest BCUT2D eigenvalue weighted by Crippen LogP contribution is -2.31. The molecule has 2 N–H and O–H groups in total. The van der Waals surface area contributed by atoms with Crippen LogP contribution in [0.15, 0.2) is 36.7 Å². The van der Waals surface area contributed by atoms with Crippen molar-refractivity contribution in [1.29, 1.82) is 0 Å². The highest BCUT2D eigenvalue weighted by atomic mass is 16.1. The molecule has 0 aliphatic heterocycles. The predicted octanol–water partition coefficient (Wildman–Crippen LogP) is 3.97. The van der Waals surface area contributed by atoms with Gasteiger partial charge in [0.2, 0.25) is 0 Å². The van der Waals surface area contributed by atoms with Gasteiger partial charge < -0.3 is 10.6 Å². The molecule has 1 amide bonds. The van der Waals surface area contributed by atoms with Crippen LogP contribution in [0.1, 0.15) is 41.8 Å². The Morgan fingerprint density at radius 2 is 2.00 bits per heavy atom. The lowest BCUT2D eigenvalue weighted by Gasteiger charge is -2.13. The van der Waals surface area contributed by atoms with Crippen molar-refractivity contribution < 1.29 is 4.79 Å². The molecule has 4 nitrogen and oxygen atoms in total.